The second kappa shape index (κ2) is 9.85. The summed E-state index contributed by atoms with van der Waals surface area (Å²) in [5, 5.41) is 0. The molecule has 33 heavy (non-hydrogen) atoms. The molecule has 7 heteroatoms. The Morgan fingerprint density at radius 1 is 0.879 bits per heavy atom. The normalized spacial score (nSPS) is 18.5. The van der Waals surface area contributed by atoms with Crippen LogP contribution in [0.3, 0.4) is 0 Å². The van der Waals surface area contributed by atoms with E-state index in [4.69, 9.17) is 0 Å². The molecule has 2 aromatic rings. The maximum Gasteiger partial charge on any atom is 0.225 e. The number of nitrogens with zero attached hydrogens (tertiary/aromatic N) is 3. The highest BCUT2D eigenvalue weighted by Crippen LogP contribution is 2.26. The third-order valence-electron chi connectivity index (χ3n) is 7.17. The first kappa shape index (κ1) is 23.8. The second-order valence-corrected chi connectivity index (χ2v) is 11.4. The third kappa shape index (κ3) is 5.41. The average Bonchev–Trinajstić information content (AvgIpc) is 2.82. The van der Waals surface area contributed by atoms with Crippen molar-refractivity contribution in [1.29, 1.82) is 0 Å². The molecule has 0 spiro atoms. The van der Waals surface area contributed by atoms with Crippen LogP contribution in [0.15, 0.2) is 42.5 Å². The topological polar surface area (TPSA) is 60.9 Å². The van der Waals surface area contributed by atoms with E-state index in [1.54, 1.807) is 4.31 Å². The van der Waals surface area contributed by atoms with Gasteiger partial charge in [-0.1, -0.05) is 42.0 Å². The molecule has 0 aliphatic carbocycles. The van der Waals surface area contributed by atoms with E-state index in [0.29, 0.717) is 25.9 Å². The molecule has 0 N–H and O–H groups in total. The summed E-state index contributed by atoms with van der Waals surface area (Å²) in [6.07, 6.45) is 1.20. The number of piperazine rings is 1. The quantitative estimate of drug-likeness (QED) is 0.673. The minimum Gasteiger partial charge on any atom is -0.368 e. The zero-order valence-corrected chi connectivity index (χ0v) is 20.8. The monoisotopic (exact) mass is 469 g/mol. The number of anilines is 1. The summed E-state index contributed by atoms with van der Waals surface area (Å²) in [4.78, 5) is 17.5. The average molecular weight is 470 g/mol. The number of hydrogen-bond donors (Lipinski definition) is 0. The molecule has 2 saturated heterocycles. The molecule has 4 rings (SSSR count). The standard InChI is InChI=1S/C26H35N3O3S/c1-20-7-9-23(10-8-20)19-33(31,32)29-13-11-24(12-14-29)26(30)28-17-15-27(16-18-28)25-6-4-5-21(2)22(25)3/h4-10,24H,11-19H2,1-3H3. The fourth-order valence-electron chi connectivity index (χ4n) is 4.87. The van der Waals surface area contributed by atoms with Gasteiger partial charge < -0.3 is 9.80 Å². The number of carbonyl (C=O) groups excluding carboxylic acids is 1. The summed E-state index contributed by atoms with van der Waals surface area (Å²) >= 11 is 0. The van der Waals surface area contributed by atoms with Gasteiger partial charge in [0, 0.05) is 50.9 Å². The van der Waals surface area contributed by atoms with Crippen molar-refractivity contribution in [2.45, 2.75) is 39.4 Å². The van der Waals surface area contributed by atoms with Gasteiger partial charge in [-0.3, -0.25) is 4.79 Å². The zero-order chi connectivity index (χ0) is 23.6. The summed E-state index contributed by atoms with van der Waals surface area (Å²) < 4.78 is 27.3. The number of sulfonamides is 1. The zero-order valence-electron chi connectivity index (χ0n) is 20.0. The number of benzene rings is 2. The molecule has 1 amide bonds. The van der Waals surface area contributed by atoms with E-state index in [2.05, 4.69) is 36.9 Å². The number of carbonyl (C=O) groups is 1. The molecule has 2 aliphatic rings. The lowest BCUT2D eigenvalue weighted by Gasteiger charge is -2.39. The number of hydrogen-bond acceptors (Lipinski definition) is 4. The summed E-state index contributed by atoms with van der Waals surface area (Å²) in [7, 11) is -3.37. The molecule has 0 unspecified atom stereocenters. The van der Waals surface area contributed by atoms with E-state index in [0.717, 1.165) is 37.3 Å². The van der Waals surface area contributed by atoms with Gasteiger partial charge in [-0.25, -0.2) is 12.7 Å². The second-order valence-electron chi connectivity index (χ2n) is 9.45. The molecule has 0 saturated carbocycles. The van der Waals surface area contributed by atoms with Crippen LogP contribution in [-0.2, 0) is 20.6 Å². The lowest BCUT2D eigenvalue weighted by atomic mass is 9.96. The molecule has 178 valence electrons. The molecule has 2 heterocycles. The van der Waals surface area contributed by atoms with Crippen LogP contribution in [0.25, 0.3) is 0 Å². The van der Waals surface area contributed by atoms with Crippen molar-refractivity contribution in [3.05, 3.63) is 64.7 Å². The molecule has 0 radical (unpaired) electrons. The molecule has 2 aliphatic heterocycles. The Morgan fingerprint density at radius 3 is 2.15 bits per heavy atom. The van der Waals surface area contributed by atoms with Gasteiger partial charge in [-0.2, -0.15) is 0 Å². The molecule has 0 atom stereocenters. The minimum absolute atomic E-state index is 0.0201. The highest BCUT2D eigenvalue weighted by atomic mass is 32.2. The van der Waals surface area contributed by atoms with Crippen LogP contribution in [-0.4, -0.2) is 62.8 Å². The largest absolute Gasteiger partial charge is 0.368 e. The third-order valence-corrected chi connectivity index (χ3v) is 9.02. The van der Waals surface area contributed by atoms with Crippen molar-refractivity contribution in [3.63, 3.8) is 0 Å². The van der Waals surface area contributed by atoms with Crippen LogP contribution >= 0.6 is 0 Å². The van der Waals surface area contributed by atoms with Crippen LogP contribution in [0.2, 0.25) is 0 Å². The van der Waals surface area contributed by atoms with Gasteiger partial charge >= 0.3 is 0 Å². The molecule has 2 aromatic carbocycles. The van der Waals surface area contributed by atoms with Gasteiger partial charge in [0.1, 0.15) is 0 Å². The van der Waals surface area contributed by atoms with Gasteiger partial charge in [0.05, 0.1) is 5.75 Å². The number of piperidine rings is 1. The predicted octanol–water partition coefficient (Wildman–Crippen LogP) is 3.50. The Balaban J connectivity index is 1.29. The van der Waals surface area contributed by atoms with E-state index in [-0.39, 0.29) is 17.6 Å². The van der Waals surface area contributed by atoms with Crippen LogP contribution in [0.4, 0.5) is 5.69 Å². The Labute approximate surface area is 198 Å². The minimum atomic E-state index is -3.37. The van der Waals surface area contributed by atoms with E-state index in [1.807, 2.05) is 36.1 Å². The van der Waals surface area contributed by atoms with Crippen molar-refractivity contribution in [1.82, 2.24) is 9.21 Å². The maximum absolute atomic E-state index is 13.1. The summed E-state index contributed by atoms with van der Waals surface area (Å²) in [6.45, 7) is 10.2. The Bertz CT molecular complexity index is 1080. The molecular formula is C26H35N3O3S. The van der Waals surface area contributed by atoms with Crippen LogP contribution in [0, 0.1) is 26.7 Å². The van der Waals surface area contributed by atoms with Gasteiger partial charge in [0.2, 0.25) is 15.9 Å². The molecule has 0 bridgehead atoms. The smallest absolute Gasteiger partial charge is 0.225 e. The Hall–Kier alpha value is -2.38. The number of rotatable bonds is 5. The molecular weight excluding hydrogens is 434 g/mol. The Kier molecular flexibility index (Phi) is 7.10. The van der Waals surface area contributed by atoms with Gasteiger partial charge in [0.15, 0.2) is 0 Å². The molecule has 2 fully saturated rings. The summed E-state index contributed by atoms with van der Waals surface area (Å²) in [5.41, 5.74) is 5.77. The van der Waals surface area contributed by atoms with Crippen molar-refractivity contribution in [2.75, 3.05) is 44.2 Å². The molecule has 0 aromatic heterocycles. The highest BCUT2D eigenvalue weighted by molar-refractivity contribution is 7.88. The van der Waals surface area contributed by atoms with Gasteiger partial charge in [0.25, 0.3) is 0 Å². The highest BCUT2D eigenvalue weighted by Gasteiger charge is 2.34. The van der Waals surface area contributed by atoms with Crippen LogP contribution in [0.5, 0.6) is 0 Å². The number of amides is 1. The molecule has 6 nitrogen and oxygen atoms in total. The summed E-state index contributed by atoms with van der Waals surface area (Å²) in [6, 6.07) is 14.0. The van der Waals surface area contributed by atoms with E-state index < -0.39 is 10.0 Å². The maximum atomic E-state index is 13.1. The fourth-order valence-corrected chi connectivity index (χ4v) is 6.43. The van der Waals surface area contributed by atoms with Crippen LogP contribution in [0.1, 0.15) is 35.1 Å². The van der Waals surface area contributed by atoms with Crippen molar-refractivity contribution in [3.8, 4) is 0 Å². The van der Waals surface area contributed by atoms with Crippen molar-refractivity contribution in [2.24, 2.45) is 5.92 Å². The van der Waals surface area contributed by atoms with Crippen molar-refractivity contribution < 1.29 is 13.2 Å². The first-order chi connectivity index (χ1) is 15.7. The fraction of sp³-hybridized carbons (Fsp3) is 0.500. The SMILES string of the molecule is Cc1ccc(CS(=O)(=O)N2CCC(C(=O)N3CCN(c4cccc(C)c4C)CC3)CC2)cc1. The van der Waals surface area contributed by atoms with E-state index in [1.165, 1.54) is 16.8 Å². The first-order valence-corrected chi connectivity index (χ1v) is 13.5. The van der Waals surface area contributed by atoms with E-state index in [9.17, 15) is 13.2 Å². The Morgan fingerprint density at radius 2 is 1.52 bits per heavy atom. The van der Waals surface area contributed by atoms with Gasteiger partial charge in [-0.15, -0.1) is 0 Å². The lowest BCUT2D eigenvalue weighted by molar-refractivity contribution is -0.137. The van der Waals surface area contributed by atoms with E-state index >= 15 is 0 Å². The lowest BCUT2D eigenvalue weighted by Crippen LogP contribution is -2.52. The van der Waals surface area contributed by atoms with Crippen LogP contribution < -0.4 is 4.90 Å². The van der Waals surface area contributed by atoms with Crippen molar-refractivity contribution >= 4 is 21.6 Å². The summed E-state index contributed by atoms with van der Waals surface area (Å²) in [5.74, 6) is 0.126. The first-order valence-electron chi connectivity index (χ1n) is 11.9. The predicted molar refractivity (Wildman–Crippen MR) is 133 cm³/mol. The number of aryl methyl sites for hydroxylation is 2. The van der Waals surface area contributed by atoms with Gasteiger partial charge in [-0.05, 0) is 56.4 Å².